The molecule has 1 aromatic carbocycles. The molecule has 20 heavy (non-hydrogen) atoms. The predicted octanol–water partition coefficient (Wildman–Crippen LogP) is 2.27. The van der Waals surface area contributed by atoms with E-state index in [9.17, 15) is 5.11 Å². The Morgan fingerprint density at radius 3 is 2.70 bits per heavy atom. The first-order valence-corrected chi connectivity index (χ1v) is 6.85. The minimum absolute atomic E-state index is 0.499. The van der Waals surface area contributed by atoms with Crippen molar-refractivity contribution >= 4 is 16.6 Å². The number of anilines is 1. The Morgan fingerprint density at radius 2 is 2.00 bits per heavy atom. The van der Waals surface area contributed by atoms with E-state index in [1.807, 2.05) is 63.2 Å². The van der Waals surface area contributed by atoms with Crippen LogP contribution in [0.25, 0.3) is 10.9 Å². The molecule has 4 nitrogen and oxygen atoms in total. The zero-order chi connectivity index (χ0) is 14.8. The molecule has 1 atom stereocenters. The summed E-state index contributed by atoms with van der Waals surface area (Å²) in [5.41, 5.74) is 2.19. The van der Waals surface area contributed by atoms with Crippen LogP contribution in [0.5, 0.6) is 0 Å². The average Bonchev–Trinajstić information content (AvgIpc) is 2.34. The number of hydrogen-bond acceptors (Lipinski definition) is 4. The van der Waals surface area contributed by atoms with Crippen molar-refractivity contribution in [1.29, 1.82) is 0 Å². The Hall–Kier alpha value is -1.65. The first-order chi connectivity index (χ1) is 9.37. The molecule has 2 aromatic rings. The Bertz CT molecular complexity index is 593. The molecule has 0 spiro atoms. The fraction of sp³-hybridized carbons (Fsp3) is 0.438. The van der Waals surface area contributed by atoms with Crippen molar-refractivity contribution in [3.05, 3.63) is 36.0 Å². The van der Waals surface area contributed by atoms with Crippen molar-refractivity contribution in [1.82, 2.24) is 9.88 Å². The minimum atomic E-state index is -0.776. The normalized spacial score (nSPS) is 14.5. The van der Waals surface area contributed by atoms with Gasteiger partial charge >= 0.3 is 0 Å². The highest BCUT2D eigenvalue weighted by Crippen LogP contribution is 2.23. The van der Waals surface area contributed by atoms with Crippen molar-refractivity contribution in [3.8, 4) is 0 Å². The molecule has 0 aliphatic carbocycles. The van der Waals surface area contributed by atoms with Crippen LogP contribution in [-0.2, 0) is 0 Å². The van der Waals surface area contributed by atoms with Crippen molar-refractivity contribution < 1.29 is 5.11 Å². The quantitative estimate of drug-likeness (QED) is 0.877. The van der Waals surface area contributed by atoms with Gasteiger partial charge in [0.25, 0.3) is 0 Å². The van der Waals surface area contributed by atoms with Crippen LogP contribution in [-0.4, -0.2) is 47.8 Å². The van der Waals surface area contributed by atoms with E-state index >= 15 is 0 Å². The molecule has 0 aliphatic heterocycles. The molecule has 2 rings (SSSR count). The standard InChI is InChI=1S/C16H23N3O/c1-12-9-15(13-7-5-6-8-14(13)18-12)17-10-16(2,20)11-19(3)4/h5-9,20H,10-11H2,1-4H3,(H,17,18). The number of pyridine rings is 1. The summed E-state index contributed by atoms with van der Waals surface area (Å²) in [5.74, 6) is 0. The van der Waals surface area contributed by atoms with E-state index < -0.39 is 5.60 Å². The maximum absolute atomic E-state index is 10.4. The third-order valence-electron chi connectivity index (χ3n) is 3.16. The SMILES string of the molecule is Cc1cc(NCC(C)(O)CN(C)C)c2ccccc2n1. The van der Waals surface area contributed by atoms with E-state index in [0.717, 1.165) is 22.3 Å². The van der Waals surface area contributed by atoms with E-state index in [0.29, 0.717) is 13.1 Å². The molecule has 0 saturated heterocycles. The summed E-state index contributed by atoms with van der Waals surface area (Å²) in [7, 11) is 3.92. The largest absolute Gasteiger partial charge is 0.387 e. The van der Waals surface area contributed by atoms with Crippen LogP contribution in [0.3, 0.4) is 0 Å². The molecule has 0 fully saturated rings. The number of benzene rings is 1. The summed E-state index contributed by atoms with van der Waals surface area (Å²) in [6.45, 7) is 4.94. The van der Waals surface area contributed by atoms with Crippen LogP contribution < -0.4 is 5.32 Å². The molecule has 0 bridgehead atoms. The molecule has 1 unspecified atom stereocenters. The van der Waals surface area contributed by atoms with Gasteiger partial charge in [0, 0.05) is 29.9 Å². The summed E-state index contributed by atoms with van der Waals surface area (Å²) in [5, 5.41) is 14.8. The van der Waals surface area contributed by atoms with E-state index in [4.69, 9.17) is 0 Å². The summed E-state index contributed by atoms with van der Waals surface area (Å²) < 4.78 is 0. The van der Waals surface area contributed by atoms with Gasteiger partial charge in [-0.05, 0) is 40.1 Å². The monoisotopic (exact) mass is 273 g/mol. The second kappa shape index (κ2) is 5.77. The number of aliphatic hydroxyl groups is 1. The minimum Gasteiger partial charge on any atom is -0.387 e. The van der Waals surface area contributed by atoms with Crippen molar-refractivity contribution in [2.75, 3.05) is 32.5 Å². The van der Waals surface area contributed by atoms with Gasteiger partial charge in [-0.1, -0.05) is 18.2 Å². The molecule has 108 valence electrons. The number of hydrogen-bond donors (Lipinski definition) is 2. The number of likely N-dealkylation sites (N-methyl/N-ethyl adjacent to an activating group) is 1. The molecular formula is C16H23N3O. The number of nitrogens with zero attached hydrogens (tertiary/aromatic N) is 2. The highest BCUT2D eigenvalue weighted by Gasteiger charge is 2.21. The van der Waals surface area contributed by atoms with Crippen LogP contribution in [0.1, 0.15) is 12.6 Å². The van der Waals surface area contributed by atoms with Gasteiger partial charge in [0.15, 0.2) is 0 Å². The van der Waals surface area contributed by atoms with Gasteiger partial charge in [-0.2, -0.15) is 0 Å². The fourth-order valence-corrected chi connectivity index (χ4v) is 2.48. The molecule has 1 aromatic heterocycles. The number of aryl methyl sites for hydroxylation is 1. The fourth-order valence-electron chi connectivity index (χ4n) is 2.48. The van der Waals surface area contributed by atoms with Crippen molar-refractivity contribution in [2.45, 2.75) is 19.4 Å². The van der Waals surface area contributed by atoms with E-state index in [1.165, 1.54) is 0 Å². The number of fused-ring (bicyclic) bond motifs is 1. The molecule has 0 radical (unpaired) electrons. The number of aromatic nitrogens is 1. The van der Waals surface area contributed by atoms with Crippen LogP contribution in [0.15, 0.2) is 30.3 Å². The number of para-hydroxylation sites is 1. The van der Waals surface area contributed by atoms with Gasteiger partial charge in [-0.25, -0.2) is 0 Å². The summed E-state index contributed by atoms with van der Waals surface area (Å²) in [4.78, 5) is 6.50. The Morgan fingerprint density at radius 1 is 1.30 bits per heavy atom. The number of nitrogens with one attached hydrogen (secondary N) is 1. The Kier molecular flexibility index (Phi) is 4.26. The Labute approximate surface area is 120 Å². The average molecular weight is 273 g/mol. The van der Waals surface area contributed by atoms with Crippen LogP contribution in [0.2, 0.25) is 0 Å². The second-order valence-corrected chi connectivity index (χ2v) is 5.92. The van der Waals surface area contributed by atoms with Gasteiger partial charge in [0.2, 0.25) is 0 Å². The topological polar surface area (TPSA) is 48.4 Å². The molecule has 0 saturated carbocycles. The van der Waals surface area contributed by atoms with Crippen molar-refractivity contribution in [3.63, 3.8) is 0 Å². The van der Waals surface area contributed by atoms with Gasteiger partial charge < -0.3 is 15.3 Å². The summed E-state index contributed by atoms with van der Waals surface area (Å²) in [6.07, 6.45) is 0. The Balaban J connectivity index is 2.21. The molecule has 4 heteroatoms. The zero-order valence-corrected chi connectivity index (χ0v) is 12.6. The smallest absolute Gasteiger partial charge is 0.0917 e. The molecule has 0 amide bonds. The van der Waals surface area contributed by atoms with E-state index in [-0.39, 0.29) is 0 Å². The lowest BCUT2D eigenvalue weighted by molar-refractivity contribution is 0.0460. The van der Waals surface area contributed by atoms with E-state index in [1.54, 1.807) is 0 Å². The van der Waals surface area contributed by atoms with Crippen LogP contribution in [0.4, 0.5) is 5.69 Å². The maximum Gasteiger partial charge on any atom is 0.0917 e. The van der Waals surface area contributed by atoms with Gasteiger partial charge in [-0.15, -0.1) is 0 Å². The van der Waals surface area contributed by atoms with Gasteiger partial charge in [0.1, 0.15) is 0 Å². The first-order valence-electron chi connectivity index (χ1n) is 6.85. The highest BCUT2D eigenvalue weighted by molar-refractivity contribution is 5.91. The summed E-state index contributed by atoms with van der Waals surface area (Å²) >= 11 is 0. The molecule has 0 aliphatic rings. The highest BCUT2D eigenvalue weighted by atomic mass is 16.3. The lowest BCUT2D eigenvalue weighted by atomic mass is 10.1. The predicted molar refractivity (Wildman–Crippen MR) is 84.1 cm³/mol. The van der Waals surface area contributed by atoms with Crippen molar-refractivity contribution in [2.24, 2.45) is 0 Å². The van der Waals surface area contributed by atoms with Crippen LogP contribution >= 0.6 is 0 Å². The molecule has 1 heterocycles. The lowest BCUT2D eigenvalue weighted by Crippen LogP contribution is -2.43. The first kappa shape index (κ1) is 14.8. The maximum atomic E-state index is 10.4. The third-order valence-corrected chi connectivity index (χ3v) is 3.16. The van der Waals surface area contributed by atoms with Crippen LogP contribution in [0, 0.1) is 6.92 Å². The van der Waals surface area contributed by atoms with Gasteiger partial charge in [0.05, 0.1) is 11.1 Å². The molecular weight excluding hydrogens is 250 g/mol. The van der Waals surface area contributed by atoms with Gasteiger partial charge in [-0.3, -0.25) is 4.98 Å². The third kappa shape index (κ3) is 3.68. The number of rotatable bonds is 5. The lowest BCUT2D eigenvalue weighted by Gasteiger charge is -2.27. The second-order valence-electron chi connectivity index (χ2n) is 5.92. The van der Waals surface area contributed by atoms with E-state index in [2.05, 4.69) is 10.3 Å². The summed E-state index contributed by atoms with van der Waals surface area (Å²) in [6, 6.07) is 10.1. The zero-order valence-electron chi connectivity index (χ0n) is 12.6. The molecule has 2 N–H and O–H groups in total.